The molecule has 0 bridgehead atoms. The molecule has 0 aliphatic carbocycles. The van der Waals surface area contributed by atoms with Crippen molar-refractivity contribution in [1.29, 1.82) is 0 Å². The average Bonchev–Trinajstić information content (AvgIpc) is 3.17. The molecule has 0 radical (unpaired) electrons. The second kappa shape index (κ2) is 6.42. The summed E-state index contributed by atoms with van der Waals surface area (Å²) in [6.45, 7) is 8.79. The van der Waals surface area contributed by atoms with Gasteiger partial charge in [-0.25, -0.2) is 0 Å². The maximum atomic E-state index is 5.52. The molecule has 5 nitrogen and oxygen atoms in total. The van der Waals surface area contributed by atoms with Crippen molar-refractivity contribution < 1.29 is 9.26 Å². The van der Waals surface area contributed by atoms with Crippen molar-refractivity contribution in [2.45, 2.75) is 45.2 Å². The molecule has 1 aromatic heterocycles. The minimum Gasteiger partial charge on any atom is -0.379 e. The number of rotatable bonds is 5. The summed E-state index contributed by atoms with van der Waals surface area (Å²) in [5.41, 5.74) is 2.35. The fourth-order valence-corrected chi connectivity index (χ4v) is 2.80. The largest absolute Gasteiger partial charge is 0.379 e. The summed E-state index contributed by atoms with van der Waals surface area (Å²) in [5, 5.41) is 4.12. The predicted molar refractivity (Wildman–Crippen MR) is 89.1 cm³/mol. The summed E-state index contributed by atoms with van der Waals surface area (Å²) < 4.78 is 10.9. The molecule has 2 aromatic rings. The van der Waals surface area contributed by atoms with E-state index in [9.17, 15) is 0 Å². The molecule has 0 saturated carbocycles. The van der Waals surface area contributed by atoms with Crippen LogP contribution in [0.2, 0.25) is 0 Å². The van der Waals surface area contributed by atoms with Crippen molar-refractivity contribution >= 4 is 0 Å². The third-order valence-corrected chi connectivity index (χ3v) is 4.80. The molecule has 1 unspecified atom stereocenters. The van der Waals surface area contributed by atoms with Crippen molar-refractivity contribution in [3.05, 3.63) is 35.7 Å². The molecule has 1 aromatic carbocycles. The molecule has 1 atom stereocenters. The number of aromatic nitrogens is 2. The summed E-state index contributed by atoms with van der Waals surface area (Å²) in [6, 6.07) is 8.36. The van der Waals surface area contributed by atoms with E-state index in [0.29, 0.717) is 24.2 Å². The molecule has 1 aliphatic rings. The standard InChI is InChI=1S/C18H25N3O2/c1-13(2)14-5-7-15(8-6-14)17-19-16(23-20-17)11-21(4)18(3)9-10-22-12-18/h5-8,13H,9-12H2,1-4H3. The van der Waals surface area contributed by atoms with Crippen molar-refractivity contribution in [1.82, 2.24) is 15.0 Å². The minimum absolute atomic E-state index is 0.0492. The van der Waals surface area contributed by atoms with Crippen molar-refractivity contribution in [3.8, 4) is 11.4 Å². The predicted octanol–water partition coefficient (Wildman–Crippen LogP) is 3.47. The van der Waals surface area contributed by atoms with Crippen LogP contribution in [0.5, 0.6) is 0 Å². The van der Waals surface area contributed by atoms with Crippen LogP contribution in [0.25, 0.3) is 11.4 Å². The van der Waals surface area contributed by atoms with Gasteiger partial charge in [0.25, 0.3) is 0 Å². The van der Waals surface area contributed by atoms with E-state index in [2.05, 4.69) is 67.1 Å². The minimum atomic E-state index is 0.0492. The number of hydrogen-bond acceptors (Lipinski definition) is 5. The van der Waals surface area contributed by atoms with Crippen LogP contribution < -0.4 is 0 Å². The zero-order valence-electron chi connectivity index (χ0n) is 14.4. The molecule has 0 amide bonds. The van der Waals surface area contributed by atoms with Gasteiger partial charge in [-0.3, -0.25) is 4.90 Å². The Labute approximate surface area is 137 Å². The Bertz CT molecular complexity index is 643. The Morgan fingerprint density at radius 3 is 2.61 bits per heavy atom. The molecular weight excluding hydrogens is 290 g/mol. The number of ether oxygens (including phenoxy) is 1. The zero-order valence-corrected chi connectivity index (χ0v) is 14.4. The number of nitrogens with zero attached hydrogens (tertiary/aromatic N) is 3. The van der Waals surface area contributed by atoms with Gasteiger partial charge < -0.3 is 9.26 Å². The van der Waals surface area contributed by atoms with Crippen LogP contribution >= 0.6 is 0 Å². The number of benzene rings is 1. The highest BCUT2D eigenvalue weighted by atomic mass is 16.5. The maximum Gasteiger partial charge on any atom is 0.241 e. The lowest BCUT2D eigenvalue weighted by molar-refractivity contribution is 0.0872. The van der Waals surface area contributed by atoms with Gasteiger partial charge in [-0.15, -0.1) is 0 Å². The third kappa shape index (κ3) is 3.46. The van der Waals surface area contributed by atoms with Crippen molar-refractivity contribution in [2.24, 2.45) is 0 Å². The van der Waals surface area contributed by atoms with Crippen molar-refractivity contribution in [2.75, 3.05) is 20.3 Å². The van der Waals surface area contributed by atoms with Crippen LogP contribution in [0.3, 0.4) is 0 Å². The van der Waals surface area contributed by atoms with E-state index in [-0.39, 0.29) is 5.54 Å². The molecule has 5 heteroatoms. The SMILES string of the molecule is CC(C)c1ccc(-c2noc(CN(C)C3(C)CCOC3)n2)cc1. The molecule has 1 fully saturated rings. The fraction of sp³-hybridized carbons (Fsp3) is 0.556. The van der Waals surface area contributed by atoms with E-state index >= 15 is 0 Å². The van der Waals surface area contributed by atoms with E-state index in [4.69, 9.17) is 9.26 Å². The van der Waals surface area contributed by atoms with Gasteiger partial charge in [-0.1, -0.05) is 43.3 Å². The van der Waals surface area contributed by atoms with Gasteiger partial charge in [0.15, 0.2) is 0 Å². The lowest BCUT2D eigenvalue weighted by Crippen LogP contribution is -2.43. The average molecular weight is 315 g/mol. The Morgan fingerprint density at radius 2 is 2.00 bits per heavy atom. The molecule has 23 heavy (non-hydrogen) atoms. The number of hydrogen-bond donors (Lipinski definition) is 0. The van der Waals surface area contributed by atoms with E-state index in [0.717, 1.165) is 25.2 Å². The van der Waals surface area contributed by atoms with Crippen molar-refractivity contribution in [3.63, 3.8) is 0 Å². The van der Waals surface area contributed by atoms with Crippen LogP contribution in [0.4, 0.5) is 0 Å². The monoisotopic (exact) mass is 315 g/mol. The van der Waals surface area contributed by atoms with Crippen LogP contribution in [0.1, 0.15) is 44.6 Å². The Kier molecular flexibility index (Phi) is 4.50. The smallest absolute Gasteiger partial charge is 0.241 e. The molecule has 2 heterocycles. The van der Waals surface area contributed by atoms with E-state index < -0.39 is 0 Å². The molecule has 1 aliphatic heterocycles. The molecule has 0 N–H and O–H groups in total. The quantitative estimate of drug-likeness (QED) is 0.845. The van der Waals surface area contributed by atoms with Crippen LogP contribution in [-0.2, 0) is 11.3 Å². The summed E-state index contributed by atoms with van der Waals surface area (Å²) in [7, 11) is 2.08. The normalized spacial score (nSPS) is 21.5. The van der Waals surface area contributed by atoms with Gasteiger partial charge in [0.2, 0.25) is 11.7 Å². The highest BCUT2D eigenvalue weighted by Crippen LogP contribution is 2.26. The molecule has 3 rings (SSSR count). The topological polar surface area (TPSA) is 51.4 Å². The lowest BCUT2D eigenvalue weighted by atomic mass is 10.00. The lowest BCUT2D eigenvalue weighted by Gasteiger charge is -2.32. The third-order valence-electron chi connectivity index (χ3n) is 4.80. The van der Waals surface area contributed by atoms with E-state index in [1.807, 2.05) is 0 Å². The first-order chi connectivity index (χ1) is 11.0. The first-order valence-corrected chi connectivity index (χ1v) is 8.20. The molecule has 1 saturated heterocycles. The summed E-state index contributed by atoms with van der Waals surface area (Å²) >= 11 is 0. The molecule has 124 valence electrons. The summed E-state index contributed by atoms with van der Waals surface area (Å²) in [6.07, 6.45) is 1.03. The van der Waals surface area contributed by atoms with Gasteiger partial charge >= 0.3 is 0 Å². The summed E-state index contributed by atoms with van der Waals surface area (Å²) in [4.78, 5) is 6.77. The Morgan fingerprint density at radius 1 is 1.26 bits per heavy atom. The summed E-state index contributed by atoms with van der Waals surface area (Å²) in [5.74, 6) is 1.81. The van der Waals surface area contributed by atoms with Gasteiger partial charge in [0.05, 0.1) is 13.2 Å². The highest BCUT2D eigenvalue weighted by Gasteiger charge is 2.34. The van der Waals surface area contributed by atoms with Crippen LogP contribution in [-0.4, -0.2) is 40.8 Å². The van der Waals surface area contributed by atoms with Gasteiger partial charge in [0.1, 0.15) is 0 Å². The van der Waals surface area contributed by atoms with E-state index in [1.165, 1.54) is 5.56 Å². The van der Waals surface area contributed by atoms with Gasteiger partial charge in [-0.05, 0) is 31.9 Å². The van der Waals surface area contributed by atoms with Gasteiger partial charge in [0, 0.05) is 17.7 Å². The van der Waals surface area contributed by atoms with Crippen LogP contribution in [0, 0.1) is 0 Å². The molecular formula is C18H25N3O2. The Hall–Kier alpha value is -1.72. The fourth-order valence-electron chi connectivity index (χ4n) is 2.80. The second-order valence-corrected chi connectivity index (χ2v) is 6.94. The Balaban J connectivity index is 1.70. The zero-order chi connectivity index (χ0) is 16.4. The van der Waals surface area contributed by atoms with E-state index in [1.54, 1.807) is 0 Å². The molecule has 0 spiro atoms. The maximum absolute atomic E-state index is 5.52. The first-order valence-electron chi connectivity index (χ1n) is 8.20. The number of likely N-dealkylation sites (N-methyl/N-ethyl adjacent to an activating group) is 1. The van der Waals surface area contributed by atoms with Gasteiger partial charge in [-0.2, -0.15) is 4.98 Å². The highest BCUT2D eigenvalue weighted by molar-refractivity contribution is 5.54. The van der Waals surface area contributed by atoms with Crippen LogP contribution in [0.15, 0.2) is 28.8 Å². The first kappa shape index (κ1) is 16.1. The second-order valence-electron chi connectivity index (χ2n) is 6.94.